The van der Waals surface area contributed by atoms with E-state index in [4.69, 9.17) is 4.74 Å². The van der Waals surface area contributed by atoms with Crippen molar-refractivity contribution in [2.45, 2.75) is 124 Å². The molecule has 0 N–H and O–H groups in total. The van der Waals surface area contributed by atoms with Crippen molar-refractivity contribution in [3.63, 3.8) is 0 Å². The molecular weight excluding hydrogens is 296 g/mol. The number of carbonyl (C=O) groups is 1. The maximum atomic E-state index is 11.6. The maximum Gasteiger partial charge on any atom is 0.305 e. The minimum atomic E-state index is 0.0120. The van der Waals surface area contributed by atoms with Gasteiger partial charge >= 0.3 is 5.97 Å². The highest BCUT2D eigenvalue weighted by atomic mass is 16.5. The molecule has 0 aliphatic carbocycles. The second-order valence-corrected chi connectivity index (χ2v) is 7.75. The summed E-state index contributed by atoms with van der Waals surface area (Å²) in [6.07, 6.45) is 19.7. The van der Waals surface area contributed by atoms with Gasteiger partial charge in [0, 0.05) is 6.42 Å². The van der Waals surface area contributed by atoms with Gasteiger partial charge in [0.15, 0.2) is 0 Å². The summed E-state index contributed by atoms with van der Waals surface area (Å²) in [5.41, 5.74) is 0. The van der Waals surface area contributed by atoms with Gasteiger partial charge in [-0.3, -0.25) is 4.79 Å². The molecule has 0 rings (SSSR count). The van der Waals surface area contributed by atoms with E-state index in [1.165, 1.54) is 83.5 Å². The second-order valence-electron chi connectivity index (χ2n) is 7.75. The lowest BCUT2D eigenvalue weighted by Crippen LogP contribution is -2.05. The van der Waals surface area contributed by atoms with Crippen LogP contribution in [0, 0.1) is 5.92 Å². The standard InChI is InChI=1S/C22H44O2/c1-4-5-6-7-11-14-17-20-24-22(23)19-16-13-10-8-9-12-15-18-21(2)3/h21H,4-20H2,1-3H3. The van der Waals surface area contributed by atoms with Crippen LogP contribution in [0.4, 0.5) is 0 Å². The number of hydrogen-bond acceptors (Lipinski definition) is 2. The summed E-state index contributed by atoms with van der Waals surface area (Å²) in [6, 6.07) is 0. The Kier molecular flexibility index (Phi) is 18.4. The lowest BCUT2D eigenvalue weighted by atomic mass is 10.0. The summed E-state index contributed by atoms with van der Waals surface area (Å²) in [6.45, 7) is 7.47. The molecule has 0 saturated heterocycles. The van der Waals surface area contributed by atoms with Crippen molar-refractivity contribution in [1.82, 2.24) is 0 Å². The van der Waals surface area contributed by atoms with Crippen molar-refractivity contribution >= 4 is 5.97 Å². The van der Waals surface area contributed by atoms with Crippen LogP contribution in [-0.2, 0) is 9.53 Å². The van der Waals surface area contributed by atoms with Crippen LogP contribution in [0.15, 0.2) is 0 Å². The zero-order chi connectivity index (χ0) is 17.9. The number of esters is 1. The van der Waals surface area contributed by atoms with Crippen molar-refractivity contribution in [2.24, 2.45) is 5.92 Å². The lowest BCUT2D eigenvalue weighted by Gasteiger charge is -2.06. The van der Waals surface area contributed by atoms with E-state index in [-0.39, 0.29) is 5.97 Å². The Labute approximate surface area is 152 Å². The normalized spacial score (nSPS) is 11.2. The first-order valence-corrected chi connectivity index (χ1v) is 10.8. The Morgan fingerprint density at radius 1 is 0.708 bits per heavy atom. The molecule has 0 heterocycles. The number of unbranched alkanes of at least 4 members (excludes halogenated alkanes) is 12. The van der Waals surface area contributed by atoms with Crippen molar-refractivity contribution in [1.29, 1.82) is 0 Å². The van der Waals surface area contributed by atoms with Crippen LogP contribution in [0.2, 0.25) is 0 Å². The van der Waals surface area contributed by atoms with Crippen LogP contribution < -0.4 is 0 Å². The topological polar surface area (TPSA) is 26.3 Å². The molecule has 0 saturated carbocycles. The van der Waals surface area contributed by atoms with Crippen LogP contribution in [0.1, 0.15) is 124 Å². The summed E-state index contributed by atoms with van der Waals surface area (Å²) in [4.78, 5) is 11.6. The van der Waals surface area contributed by atoms with Crippen LogP contribution in [-0.4, -0.2) is 12.6 Å². The van der Waals surface area contributed by atoms with E-state index in [0.29, 0.717) is 13.0 Å². The Morgan fingerprint density at radius 2 is 1.21 bits per heavy atom. The fourth-order valence-electron chi connectivity index (χ4n) is 3.02. The smallest absolute Gasteiger partial charge is 0.305 e. The van der Waals surface area contributed by atoms with E-state index >= 15 is 0 Å². The van der Waals surface area contributed by atoms with Crippen LogP contribution in [0.3, 0.4) is 0 Å². The second kappa shape index (κ2) is 18.8. The van der Waals surface area contributed by atoms with E-state index in [0.717, 1.165) is 18.8 Å². The van der Waals surface area contributed by atoms with Gasteiger partial charge in [-0.05, 0) is 18.8 Å². The quantitative estimate of drug-likeness (QED) is 0.191. The van der Waals surface area contributed by atoms with Gasteiger partial charge in [-0.1, -0.05) is 104 Å². The number of rotatable bonds is 18. The first-order chi connectivity index (χ1) is 11.7. The van der Waals surface area contributed by atoms with Gasteiger partial charge < -0.3 is 4.74 Å². The van der Waals surface area contributed by atoms with Crippen molar-refractivity contribution < 1.29 is 9.53 Å². The molecule has 2 heteroatoms. The van der Waals surface area contributed by atoms with E-state index in [1.807, 2.05) is 0 Å². The fraction of sp³-hybridized carbons (Fsp3) is 0.955. The predicted octanol–water partition coefficient (Wildman–Crippen LogP) is 7.45. The van der Waals surface area contributed by atoms with E-state index < -0.39 is 0 Å². The van der Waals surface area contributed by atoms with Crippen LogP contribution >= 0.6 is 0 Å². The molecular formula is C22H44O2. The predicted molar refractivity (Wildman–Crippen MR) is 105 cm³/mol. The first kappa shape index (κ1) is 23.5. The summed E-state index contributed by atoms with van der Waals surface area (Å²) < 4.78 is 5.31. The average Bonchev–Trinajstić information content (AvgIpc) is 2.55. The van der Waals surface area contributed by atoms with Gasteiger partial charge in [0.2, 0.25) is 0 Å². The highest BCUT2D eigenvalue weighted by Crippen LogP contribution is 2.13. The van der Waals surface area contributed by atoms with Crippen LogP contribution in [0.5, 0.6) is 0 Å². The van der Waals surface area contributed by atoms with Crippen molar-refractivity contribution in [3.05, 3.63) is 0 Å². The zero-order valence-electron chi connectivity index (χ0n) is 16.9. The third kappa shape index (κ3) is 19.5. The molecule has 144 valence electrons. The van der Waals surface area contributed by atoms with Gasteiger partial charge in [0.1, 0.15) is 0 Å². The largest absolute Gasteiger partial charge is 0.466 e. The Morgan fingerprint density at radius 3 is 1.79 bits per heavy atom. The molecule has 0 bridgehead atoms. The third-order valence-corrected chi connectivity index (χ3v) is 4.67. The molecule has 0 amide bonds. The van der Waals surface area contributed by atoms with Gasteiger partial charge in [-0.2, -0.15) is 0 Å². The van der Waals surface area contributed by atoms with Crippen LogP contribution in [0.25, 0.3) is 0 Å². The fourth-order valence-corrected chi connectivity index (χ4v) is 3.02. The number of hydrogen-bond donors (Lipinski definition) is 0. The van der Waals surface area contributed by atoms with Gasteiger partial charge in [-0.25, -0.2) is 0 Å². The van der Waals surface area contributed by atoms with Crippen molar-refractivity contribution in [2.75, 3.05) is 6.61 Å². The van der Waals surface area contributed by atoms with Gasteiger partial charge in [0.05, 0.1) is 6.61 Å². The number of ether oxygens (including phenoxy) is 1. The van der Waals surface area contributed by atoms with E-state index in [9.17, 15) is 4.79 Å². The zero-order valence-corrected chi connectivity index (χ0v) is 16.9. The summed E-state index contributed by atoms with van der Waals surface area (Å²) in [5, 5.41) is 0. The molecule has 0 aliphatic heterocycles. The molecule has 0 aromatic carbocycles. The molecule has 0 radical (unpaired) electrons. The minimum absolute atomic E-state index is 0.0120. The summed E-state index contributed by atoms with van der Waals surface area (Å²) in [5.74, 6) is 0.856. The summed E-state index contributed by atoms with van der Waals surface area (Å²) >= 11 is 0. The molecule has 0 unspecified atom stereocenters. The molecule has 2 nitrogen and oxygen atoms in total. The minimum Gasteiger partial charge on any atom is -0.466 e. The Bertz CT molecular complexity index is 261. The van der Waals surface area contributed by atoms with Crippen molar-refractivity contribution in [3.8, 4) is 0 Å². The Balaban J connectivity index is 3.16. The highest BCUT2D eigenvalue weighted by molar-refractivity contribution is 5.69. The van der Waals surface area contributed by atoms with E-state index in [1.54, 1.807) is 0 Å². The van der Waals surface area contributed by atoms with Gasteiger partial charge in [-0.15, -0.1) is 0 Å². The third-order valence-electron chi connectivity index (χ3n) is 4.67. The molecule has 0 fully saturated rings. The number of carbonyl (C=O) groups excluding carboxylic acids is 1. The average molecular weight is 341 g/mol. The molecule has 0 aromatic heterocycles. The summed E-state index contributed by atoms with van der Waals surface area (Å²) in [7, 11) is 0. The van der Waals surface area contributed by atoms with Gasteiger partial charge in [0.25, 0.3) is 0 Å². The molecule has 0 aliphatic rings. The SMILES string of the molecule is CCCCCCCCCOC(=O)CCCCCCCCCC(C)C. The first-order valence-electron chi connectivity index (χ1n) is 10.8. The van der Waals surface area contributed by atoms with E-state index in [2.05, 4.69) is 20.8 Å². The molecule has 0 atom stereocenters. The maximum absolute atomic E-state index is 11.6. The highest BCUT2D eigenvalue weighted by Gasteiger charge is 2.02. The monoisotopic (exact) mass is 340 g/mol. The Hall–Kier alpha value is -0.530. The molecule has 24 heavy (non-hydrogen) atoms. The molecule has 0 spiro atoms. The molecule has 0 aromatic rings. The lowest BCUT2D eigenvalue weighted by molar-refractivity contribution is -0.143.